The highest BCUT2D eigenvalue weighted by Gasteiger charge is 2.48. The van der Waals surface area contributed by atoms with Crippen LogP contribution in [0.15, 0.2) is 29.5 Å². The van der Waals surface area contributed by atoms with Crippen LogP contribution in [0.2, 0.25) is 0 Å². The predicted molar refractivity (Wildman–Crippen MR) is 173 cm³/mol. The summed E-state index contributed by atoms with van der Waals surface area (Å²) in [6, 6.07) is 4.24. The van der Waals surface area contributed by atoms with Crippen molar-refractivity contribution >= 4 is 44.3 Å². The maximum Gasteiger partial charge on any atom is 0.156 e. The summed E-state index contributed by atoms with van der Waals surface area (Å²) in [4.78, 5) is 24.5. The van der Waals surface area contributed by atoms with E-state index in [0.29, 0.717) is 18.2 Å². The van der Waals surface area contributed by atoms with Crippen LogP contribution in [-0.4, -0.2) is 74.1 Å². The number of aliphatic hydroxyl groups excluding tert-OH is 1. The van der Waals surface area contributed by atoms with E-state index in [-0.39, 0.29) is 51.2 Å². The van der Waals surface area contributed by atoms with Crippen molar-refractivity contribution in [3.63, 3.8) is 0 Å². The molecule has 2 saturated heterocycles. The second-order valence-corrected chi connectivity index (χ2v) is 11.8. The largest absolute Gasteiger partial charge is 0.390 e. The molecule has 3 N–H and O–H groups in total. The summed E-state index contributed by atoms with van der Waals surface area (Å²) in [6.45, 7) is 7.78. The van der Waals surface area contributed by atoms with E-state index in [0.717, 1.165) is 91.2 Å². The molecular formula is C29H41N9O2S2. The van der Waals surface area contributed by atoms with Gasteiger partial charge in [-0.3, -0.25) is 14.7 Å². The van der Waals surface area contributed by atoms with Gasteiger partial charge in [0.2, 0.25) is 0 Å². The molecule has 7 rings (SSSR count). The average molecular weight is 612 g/mol. The van der Waals surface area contributed by atoms with Crippen molar-refractivity contribution in [3.05, 3.63) is 47.3 Å². The molecule has 0 amide bonds. The van der Waals surface area contributed by atoms with Gasteiger partial charge in [0, 0.05) is 55.8 Å². The fourth-order valence-electron chi connectivity index (χ4n) is 6.79. The van der Waals surface area contributed by atoms with Gasteiger partial charge in [-0.25, -0.2) is 9.97 Å². The monoisotopic (exact) mass is 611 g/mol. The van der Waals surface area contributed by atoms with Crippen LogP contribution in [0.1, 0.15) is 61.8 Å². The Bertz CT molecular complexity index is 1490. The summed E-state index contributed by atoms with van der Waals surface area (Å²) in [6.07, 6.45) is 6.78. The first-order valence-electron chi connectivity index (χ1n) is 14.3. The molecule has 0 radical (unpaired) electrons. The lowest BCUT2D eigenvalue weighted by Crippen LogP contribution is -2.51. The Morgan fingerprint density at radius 1 is 1.10 bits per heavy atom. The number of hydrogen-bond donors (Lipinski definition) is 2. The molecule has 3 aromatic rings. The number of rotatable bonds is 3. The first-order chi connectivity index (χ1) is 19.4. The third-order valence-electron chi connectivity index (χ3n) is 9.37. The Kier molecular flexibility index (Phi) is 8.61. The number of ether oxygens (including phenoxy) is 1. The number of nitrogens with two attached hydrogens (primary N) is 1. The van der Waals surface area contributed by atoms with Crippen molar-refractivity contribution in [3.8, 4) is 11.3 Å². The van der Waals surface area contributed by atoms with Gasteiger partial charge in [-0.15, -0.1) is 0 Å². The van der Waals surface area contributed by atoms with Gasteiger partial charge >= 0.3 is 0 Å². The summed E-state index contributed by atoms with van der Waals surface area (Å²) >= 11 is 0. The molecule has 11 nitrogen and oxygen atoms in total. The van der Waals surface area contributed by atoms with Gasteiger partial charge in [-0.1, -0.05) is 6.92 Å². The Labute approximate surface area is 260 Å². The number of piperidine rings is 1. The van der Waals surface area contributed by atoms with E-state index in [1.807, 2.05) is 19.4 Å². The lowest BCUT2D eigenvalue weighted by atomic mass is 9.73. The molecule has 13 heteroatoms. The van der Waals surface area contributed by atoms with Crippen molar-refractivity contribution in [2.75, 3.05) is 36.0 Å². The molecule has 7 heterocycles. The SMILES string of the molecule is C[C@@H]1OCC2(CCN(c3nc4c(nc3CO)C(N3CC[C@H](C)c5nc(-c6cnn(C)c6)ccc53)=NC4)CC2)[C@@H]1N.S.S. The normalized spacial score (nSPS) is 24.1. The van der Waals surface area contributed by atoms with Crippen LogP contribution in [0.4, 0.5) is 11.5 Å². The van der Waals surface area contributed by atoms with Crippen molar-refractivity contribution in [1.82, 2.24) is 24.7 Å². The van der Waals surface area contributed by atoms with Crippen molar-refractivity contribution < 1.29 is 9.84 Å². The number of fused-ring (bicyclic) bond motifs is 2. The van der Waals surface area contributed by atoms with Crippen LogP contribution in [0, 0.1) is 5.41 Å². The van der Waals surface area contributed by atoms with E-state index in [9.17, 15) is 5.11 Å². The Morgan fingerprint density at radius 3 is 2.55 bits per heavy atom. The second-order valence-electron chi connectivity index (χ2n) is 11.8. The predicted octanol–water partition coefficient (Wildman–Crippen LogP) is 2.60. The fourth-order valence-corrected chi connectivity index (χ4v) is 6.79. The Morgan fingerprint density at radius 2 is 1.88 bits per heavy atom. The minimum atomic E-state index is -0.173. The highest BCUT2D eigenvalue weighted by Crippen LogP contribution is 2.43. The van der Waals surface area contributed by atoms with Gasteiger partial charge in [-0.05, 0) is 38.3 Å². The van der Waals surface area contributed by atoms with E-state index in [1.54, 1.807) is 4.68 Å². The molecule has 0 unspecified atom stereocenters. The molecule has 0 aliphatic carbocycles. The number of anilines is 2. The van der Waals surface area contributed by atoms with Gasteiger partial charge in [0.15, 0.2) is 11.7 Å². The summed E-state index contributed by atoms with van der Waals surface area (Å²) in [5.74, 6) is 1.91. The number of nitrogens with zero attached hydrogens (tertiary/aromatic N) is 8. The molecule has 0 aromatic carbocycles. The van der Waals surface area contributed by atoms with Crippen LogP contribution >= 0.6 is 27.0 Å². The van der Waals surface area contributed by atoms with Crippen LogP contribution in [0.5, 0.6) is 0 Å². The molecule has 0 bridgehead atoms. The zero-order chi connectivity index (χ0) is 27.6. The average Bonchev–Trinajstić information content (AvgIpc) is 3.67. The molecule has 1 spiro atoms. The van der Waals surface area contributed by atoms with Crippen molar-refractivity contribution in [2.24, 2.45) is 23.2 Å². The number of amidine groups is 1. The third-order valence-corrected chi connectivity index (χ3v) is 9.37. The van der Waals surface area contributed by atoms with Gasteiger partial charge in [0.05, 0.1) is 54.8 Å². The zero-order valence-electron chi connectivity index (χ0n) is 24.4. The molecule has 3 atom stereocenters. The molecule has 2 fully saturated rings. The molecule has 42 heavy (non-hydrogen) atoms. The van der Waals surface area contributed by atoms with Crippen molar-refractivity contribution in [1.29, 1.82) is 0 Å². The van der Waals surface area contributed by atoms with E-state index in [1.165, 1.54) is 0 Å². The minimum absolute atomic E-state index is 0. The molecular weight excluding hydrogens is 571 g/mol. The lowest BCUT2D eigenvalue weighted by molar-refractivity contribution is 0.0973. The topological polar surface area (TPSA) is 131 Å². The standard InChI is InChI=1S/C29H37N9O2.2H2S/c1-17-6-9-38(23-5-4-20(33-24(17)23)19-12-32-36(3)14-19)28-25-21(13-31-28)35-27(22(15-39)34-25)37-10-7-29(8-11-37)16-40-18(2)26(29)30;;/h4-5,12,14,17-18,26,39H,6-11,13,15-16,30H2,1-3H3;2*1H2/t17-,18-,26+;;/m0../s1. The number of hydrogen-bond acceptors (Lipinski definition) is 10. The second kappa shape index (κ2) is 11.8. The molecule has 0 saturated carbocycles. The molecule has 226 valence electrons. The maximum atomic E-state index is 10.4. The van der Waals surface area contributed by atoms with E-state index >= 15 is 0 Å². The van der Waals surface area contributed by atoms with Gasteiger partial charge in [-0.2, -0.15) is 32.1 Å². The highest BCUT2D eigenvalue weighted by atomic mass is 32.1. The number of pyridine rings is 1. The molecule has 4 aliphatic heterocycles. The smallest absolute Gasteiger partial charge is 0.156 e. The quantitative estimate of drug-likeness (QED) is 0.459. The van der Waals surface area contributed by atoms with Crippen molar-refractivity contribution in [2.45, 2.75) is 64.3 Å². The van der Waals surface area contributed by atoms with Crippen LogP contribution in [-0.2, 0) is 24.9 Å². The van der Waals surface area contributed by atoms with Gasteiger partial charge in [0.1, 0.15) is 11.4 Å². The maximum absolute atomic E-state index is 10.4. The number of aliphatic imine (C=N–C) groups is 1. The highest BCUT2D eigenvalue weighted by molar-refractivity contribution is 7.59. The van der Waals surface area contributed by atoms with E-state index in [2.05, 4.69) is 40.9 Å². The number of aliphatic hydroxyl groups is 1. The molecule has 3 aromatic heterocycles. The molecule has 4 aliphatic rings. The Hall–Kier alpha value is -2.71. The summed E-state index contributed by atoms with van der Waals surface area (Å²) in [5.41, 5.74) is 12.8. The first kappa shape index (κ1) is 30.7. The van der Waals surface area contributed by atoms with Crippen LogP contribution < -0.4 is 15.5 Å². The fraction of sp³-hybridized carbons (Fsp3) is 0.552. The Balaban J connectivity index is 0.00000176. The minimum Gasteiger partial charge on any atom is -0.390 e. The summed E-state index contributed by atoms with van der Waals surface area (Å²) in [5, 5.41) is 14.7. The van der Waals surface area contributed by atoms with Crippen LogP contribution in [0.25, 0.3) is 11.3 Å². The van der Waals surface area contributed by atoms with Gasteiger partial charge in [0.25, 0.3) is 0 Å². The zero-order valence-corrected chi connectivity index (χ0v) is 26.4. The number of aromatic nitrogens is 5. The first-order valence-corrected chi connectivity index (χ1v) is 14.3. The lowest BCUT2D eigenvalue weighted by Gasteiger charge is -2.42. The van der Waals surface area contributed by atoms with E-state index in [4.69, 9.17) is 30.4 Å². The summed E-state index contributed by atoms with van der Waals surface area (Å²) in [7, 11) is 1.91. The summed E-state index contributed by atoms with van der Waals surface area (Å²) < 4.78 is 7.69. The number of aryl methyl sites for hydroxylation is 1. The van der Waals surface area contributed by atoms with E-state index < -0.39 is 0 Å². The van der Waals surface area contributed by atoms with Crippen LogP contribution in [0.3, 0.4) is 0 Å². The van der Waals surface area contributed by atoms with Gasteiger partial charge < -0.3 is 25.4 Å². The third kappa shape index (κ3) is 4.98.